The SMILES string of the molecule is CC(C1CC1)C(NN)C1CCc2cccnc21. The van der Waals surface area contributed by atoms with Gasteiger partial charge in [0.05, 0.1) is 0 Å². The molecule has 3 atom stereocenters. The van der Waals surface area contributed by atoms with Gasteiger partial charge in [0.15, 0.2) is 0 Å². The number of aryl methyl sites for hydroxylation is 1. The van der Waals surface area contributed by atoms with E-state index in [1.165, 1.54) is 30.5 Å². The highest BCUT2D eigenvalue weighted by molar-refractivity contribution is 5.30. The highest BCUT2D eigenvalue weighted by atomic mass is 15.2. The molecule has 3 unspecified atom stereocenters. The molecule has 0 spiro atoms. The minimum Gasteiger partial charge on any atom is -0.271 e. The van der Waals surface area contributed by atoms with Crippen LogP contribution in [0.15, 0.2) is 18.3 Å². The lowest BCUT2D eigenvalue weighted by Gasteiger charge is -2.29. The van der Waals surface area contributed by atoms with Crippen LogP contribution in [0.2, 0.25) is 0 Å². The van der Waals surface area contributed by atoms with Crippen molar-refractivity contribution in [1.82, 2.24) is 10.4 Å². The highest BCUT2D eigenvalue weighted by Gasteiger charge is 2.39. The molecule has 0 aromatic carbocycles. The van der Waals surface area contributed by atoms with Crippen molar-refractivity contribution in [3.63, 3.8) is 0 Å². The van der Waals surface area contributed by atoms with E-state index in [-0.39, 0.29) is 0 Å². The van der Waals surface area contributed by atoms with E-state index < -0.39 is 0 Å². The number of hydrogen-bond donors (Lipinski definition) is 2. The zero-order valence-corrected chi connectivity index (χ0v) is 10.4. The number of fused-ring (bicyclic) bond motifs is 1. The number of hydrogen-bond acceptors (Lipinski definition) is 3. The molecule has 0 aliphatic heterocycles. The molecular weight excluding hydrogens is 210 g/mol. The Kier molecular flexibility index (Phi) is 2.89. The van der Waals surface area contributed by atoms with Crippen LogP contribution in [0, 0.1) is 11.8 Å². The molecule has 0 amide bonds. The number of rotatable bonds is 4. The van der Waals surface area contributed by atoms with Crippen molar-refractivity contribution in [2.75, 3.05) is 0 Å². The van der Waals surface area contributed by atoms with Crippen LogP contribution in [-0.2, 0) is 6.42 Å². The fourth-order valence-corrected chi connectivity index (χ4v) is 3.34. The molecule has 0 bridgehead atoms. The van der Waals surface area contributed by atoms with Crippen LogP contribution >= 0.6 is 0 Å². The molecule has 1 saturated carbocycles. The van der Waals surface area contributed by atoms with Crippen molar-refractivity contribution in [1.29, 1.82) is 0 Å². The van der Waals surface area contributed by atoms with E-state index in [0.29, 0.717) is 17.9 Å². The molecule has 92 valence electrons. The van der Waals surface area contributed by atoms with Crippen LogP contribution in [0.5, 0.6) is 0 Å². The van der Waals surface area contributed by atoms with Crippen LogP contribution in [0.4, 0.5) is 0 Å². The van der Waals surface area contributed by atoms with Gasteiger partial charge in [0.25, 0.3) is 0 Å². The summed E-state index contributed by atoms with van der Waals surface area (Å²) in [6, 6.07) is 4.63. The van der Waals surface area contributed by atoms with Crippen molar-refractivity contribution in [2.45, 2.75) is 44.6 Å². The molecule has 1 fully saturated rings. The summed E-state index contributed by atoms with van der Waals surface area (Å²) in [7, 11) is 0. The van der Waals surface area contributed by atoms with Gasteiger partial charge >= 0.3 is 0 Å². The van der Waals surface area contributed by atoms with E-state index in [0.717, 1.165) is 12.3 Å². The maximum absolute atomic E-state index is 5.80. The summed E-state index contributed by atoms with van der Waals surface area (Å²) in [5, 5.41) is 0. The van der Waals surface area contributed by atoms with E-state index in [1.807, 2.05) is 12.3 Å². The highest BCUT2D eigenvalue weighted by Crippen LogP contribution is 2.44. The topological polar surface area (TPSA) is 50.9 Å². The Hall–Kier alpha value is -0.930. The molecular formula is C14H21N3. The van der Waals surface area contributed by atoms with Crippen LogP contribution in [0.25, 0.3) is 0 Å². The largest absolute Gasteiger partial charge is 0.271 e. The average Bonchev–Trinajstić information content (AvgIpc) is 3.13. The fraction of sp³-hybridized carbons (Fsp3) is 0.643. The van der Waals surface area contributed by atoms with Gasteiger partial charge in [0, 0.05) is 23.9 Å². The number of aromatic nitrogens is 1. The molecule has 1 aromatic rings. The molecule has 1 aromatic heterocycles. The van der Waals surface area contributed by atoms with Gasteiger partial charge in [-0.05, 0) is 49.1 Å². The maximum Gasteiger partial charge on any atom is 0.0482 e. The second-order valence-electron chi connectivity index (χ2n) is 5.58. The third kappa shape index (κ3) is 1.98. The summed E-state index contributed by atoms with van der Waals surface area (Å²) in [6.07, 6.45) is 7.01. The molecule has 1 heterocycles. The standard InChI is InChI=1S/C14H21N3/c1-9(10-4-5-10)13(17-15)12-7-6-11-3-2-8-16-14(11)12/h2-3,8-10,12-13,17H,4-7,15H2,1H3. The minimum atomic E-state index is 0.388. The Bertz CT molecular complexity index is 400. The molecule has 3 nitrogen and oxygen atoms in total. The lowest BCUT2D eigenvalue weighted by molar-refractivity contribution is 0.295. The predicted octanol–water partition coefficient (Wildman–Crippen LogP) is 1.99. The fourth-order valence-electron chi connectivity index (χ4n) is 3.34. The molecule has 0 saturated heterocycles. The van der Waals surface area contributed by atoms with Gasteiger partial charge in [-0.15, -0.1) is 0 Å². The van der Waals surface area contributed by atoms with Crippen molar-refractivity contribution >= 4 is 0 Å². The summed E-state index contributed by atoms with van der Waals surface area (Å²) in [5.74, 6) is 7.85. The molecule has 3 N–H and O–H groups in total. The van der Waals surface area contributed by atoms with Crippen molar-refractivity contribution in [3.05, 3.63) is 29.6 Å². The van der Waals surface area contributed by atoms with E-state index in [9.17, 15) is 0 Å². The Labute approximate surface area is 103 Å². The normalized spacial score (nSPS) is 26.6. The lowest BCUT2D eigenvalue weighted by atomic mass is 9.85. The molecule has 0 radical (unpaired) electrons. The van der Waals surface area contributed by atoms with E-state index in [1.54, 1.807) is 0 Å². The molecule has 2 aliphatic rings. The molecule has 3 rings (SSSR count). The average molecular weight is 231 g/mol. The van der Waals surface area contributed by atoms with Gasteiger partial charge < -0.3 is 0 Å². The summed E-state index contributed by atoms with van der Waals surface area (Å²) >= 11 is 0. The van der Waals surface area contributed by atoms with Crippen LogP contribution in [0.3, 0.4) is 0 Å². The number of hydrazine groups is 1. The zero-order chi connectivity index (χ0) is 11.8. The summed E-state index contributed by atoms with van der Waals surface area (Å²) < 4.78 is 0. The number of nitrogens with zero attached hydrogens (tertiary/aromatic N) is 1. The van der Waals surface area contributed by atoms with Crippen LogP contribution < -0.4 is 11.3 Å². The van der Waals surface area contributed by atoms with E-state index in [2.05, 4.69) is 23.4 Å². The number of pyridine rings is 1. The van der Waals surface area contributed by atoms with Gasteiger partial charge in [0.1, 0.15) is 0 Å². The minimum absolute atomic E-state index is 0.388. The number of nitrogens with two attached hydrogens (primary N) is 1. The first-order chi connectivity index (χ1) is 8.31. The van der Waals surface area contributed by atoms with Gasteiger partial charge in [-0.3, -0.25) is 16.3 Å². The Morgan fingerprint density at radius 3 is 2.94 bits per heavy atom. The summed E-state index contributed by atoms with van der Waals surface area (Å²) in [5.41, 5.74) is 5.76. The third-order valence-electron chi connectivity index (χ3n) is 4.56. The smallest absolute Gasteiger partial charge is 0.0482 e. The second kappa shape index (κ2) is 4.39. The molecule has 2 aliphatic carbocycles. The van der Waals surface area contributed by atoms with Crippen molar-refractivity contribution in [2.24, 2.45) is 17.7 Å². The summed E-state index contributed by atoms with van der Waals surface area (Å²) in [4.78, 5) is 4.58. The first kappa shape index (κ1) is 11.2. The zero-order valence-electron chi connectivity index (χ0n) is 10.4. The third-order valence-corrected chi connectivity index (χ3v) is 4.56. The second-order valence-corrected chi connectivity index (χ2v) is 5.58. The van der Waals surface area contributed by atoms with Gasteiger partial charge in [0.2, 0.25) is 0 Å². The Morgan fingerprint density at radius 2 is 2.24 bits per heavy atom. The first-order valence-corrected chi connectivity index (χ1v) is 6.71. The van der Waals surface area contributed by atoms with Crippen LogP contribution in [0.1, 0.15) is 43.4 Å². The van der Waals surface area contributed by atoms with Gasteiger partial charge in [-0.2, -0.15) is 0 Å². The maximum atomic E-state index is 5.80. The van der Waals surface area contributed by atoms with E-state index >= 15 is 0 Å². The molecule has 17 heavy (non-hydrogen) atoms. The quantitative estimate of drug-likeness (QED) is 0.615. The predicted molar refractivity (Wildman–Crippen MR) is 68.3 cm³/mol. The van der Waals surface area contributed by atoms with E-state index in [4.69, 9.17) is 5.84 Å². The lowest BCUT2D eigenvalue weighted by Crippen LogP contribution is -2.44. The Morgan fingerprint density at radius 1 is 1.41 bits per heavy atom. The Balaban J connectivity index is 1.83. The first-order valence-electron chi connectivity index (χ1n) is 6.71. The van der Waals surface area contributed by atoms with Gasteiger partial charge in [-0.25, -0.2) is 0 Å². The summed E-state index contributed by atoms with van der Waals surface area (Å²) in [6.45, 7) is 2.34. The monoisotopic (exact) mass is 231 g/mol. The van der Waals surface area contributed by atoms with Crippen molar-refractivity contribution in [3.8, 4) is 0 Å². The molecule has 3 heteroatoms. The van der Waals surface area contributed by atoms with Crippen LogP contribution in [-0.4, -0.2) is 11.0 Å². The van der Waals surface area contributed by atoms with Gasteiger partial charge in [-0.1, -0.05) is 13.0 Å². The van der Waals surface area contributed by atoms with Crippen molar-refractivity contribution < 1.29 is 0 Å². The number of nitrogens with one attached hydrogen (secondary N) is 1.